The van der Waals surface area contributed by atoms with Gasteiger partial charge < -0.3 is 10.4 Å². The summed E-state index contributed by atoms with van der Waals surface area (Å²) in [5.74, 6) is -1.38. The molecule has 0 fully saturated rings. The smallest absolute Gasteiger partial charge is 0.329 e. The molecule has 0 saturated heterocycles. The zero-order valence-corrected chi connectivity index (χ0v) is 12.3. The molecule has 0 spiro atoms. The fraction of sp³-hybridized carbons (Fsp3) is 0.615. The van der Waals surface area contributed by atoms with Gasteiger partial charge in [0, 0.05) is 0 Å². The second-order valence-corrected chi connectivity index (χ2v) is 5.82. The summed E-state index contributed by atoms with van der Waals surface area (Å²) >= 11 is 1.32. The van der Waals surface area contributed by atoms with E-state index in [1.807, 2.05) is 13.8 Å². The van der Waals surface area contributed by atoms with Gasteiger partial charge in [0.25, 0.3) is 5.91 Å². The number of aromatic nitrogens is 1. The van der Waals surface area contributed by atoms with Gasteiger partial charge in [-0.25, -0.2) is 9.78 Å². The van der Waals surface area contributed by atoms with E-state index in [1.54, 1.807) is 0 Å². The lowest BCUT2D eigenvalue weighted by molar-refractivity contribution is -0.144. The lowest BCUT2D eigenvalue weighted by Gasteiger charge is -2.25. The fourth-order valence-corrected chi connectivity index (χ4v) is 2.69. The number of carboxylic acids is 1. The van der Waals surface area contributed by atoms with Crippen molar-refractivity contribution in [1.29, 1.82) is 0 Å². The van der Waals surface area contributed by atoms with Crippen LogP contribution < -0.4 is 5.32 Å². The van der Waals surface area contributed by atoms with Crippen LogP contribution in [0.25, 0.3) is 0 Å². The van der Waals surface area contributed by atoms with Crippen molar-refractivity contribution >= 4 is 23.2 Å². The predicted octanol–water partition coefficient (Wildman–Crippen LogP) is 2.47. The molecule has 6 heteroatoms. The van der Waals surface area contributed by atoms with Crippen molar-refractivity contribution in [2.75, 3.05) is 0 Å². The Morgan fingerprint density at radius 1 is 1.42 bits per heavy atom. The molecule has 106 valence electrons. The van der Waals surface area contributed by atoms with E-state index in [0.717, 1.165) is 17.8 Å². The van der Waals surface area contributed by atoms with E-state index >= 15 is 0 Å². The standard InChI is InChI=1S/C13H20N2O3S/c1-4-6-10-14-8-9(19-10)11(16)15-13(3,7-5-2)12(17)18/h8H,4-7H2,1-3H3,(H,15,16)(H,17,18)/t13-/m0/s1. The van der Waals surface area contributed by atoms with Crippen molar-refractivity contribution in [2.24, 2.45) is 0 Å². The van der Waals surface area contributed by atoms with Crippen LogP contribution in [0.15, 0.2) is 6.20 Å². The molecule has 2 N–H and O–H groups in total. The first-order chi connectivity index (χ1) is 8.92. The minimum Gasteiger partial charge on any atom is -0.480 e. The third-order valence-corrected chi connectivity index (χ3v) is 3.91. The van der Waals surface area contributed by atoms with Gasteiger partial charge in [0.15, 0.2) is 0 Å². The quantitative estimate of drug-likeness (QED) is 0.806. The highest BCUT2D eigenvalue weighted by molar-refractivity contribution is 7.13. The number of nitrogens with one attached hydrogen (secondary N) is 1. The highest BCUT2D eigenvalue weighted by atomic mass is 32.1. The maximum atomic E-state index is 12.1. The van der Waals surface area contributed by atoms with E-state index in [9.17, 15) is 14.7 Å². The predicted molar refractivity (Wildman–Crippen MR) is 74.5 cm³/mol. The number of hydrogen-bond acceptors (Lipinski definition) is 4. The van der Waals surface area contributed by atoms with Crippen LogP contribution in [0.4, 0.5) is 0 Å². The summed E-state index contributed by atoms with van der Waals surface area (Å²) in [7, 11) is 0. The number of aliphatic carboxylic acids is 1. The monoisotopic (exact) mass is 284 g/mol. The van der Waals surface area contributed by atoms with Gasteiger partial charge >= 0.3 is 5.97 Å². The minimum absolute atomic E-state index is 0.363. The molecular weight excluding hydrogens is 264 g/mol. The van der Waals surface area contributed by atoms with Gasteiger partial charge in [-0.2, -0.15) is 0 Å². The van der Waals surface area contributed by atoms with Crippen molar-refractivity contribution in [2.45, 2.75) is 52.0 Å². The number of amides is 1. The van der Waals surface area contributed by atoms with Crippen molar-refractivity contribution < 1.29 is 14.7 Å². The van der Waals surface area contributed by atoms with E-state index in [1.165, 1.54) is 24.5 Å². The zero-order valence-electron chi connectivity index (χ0n) is 11.5. The normalized spacial score (nSPS) is 13.8. The lowest BCUT2D eigenvalue weighted by Crippen LogP contribution is -2.51. The Hall–Kier alpha value is -1.43. The molecule has 1 amide bonds. The van der Waals surface area contributed by atoms with Gasteiger partial charge in [-0.15, -0.1) is 11.3 Å². The summed E-state index contributed by atoms with van der Waals surface area (Å²) in [5, 5.41) is 12.7. The molecule has 0 aliphatic carbocycles. The van der Waals surface area contributed by atoms with E-state index in [2.05, 4.69) is 10.3 Å². The second kappa shape index (κ2) is 6.65. The van der Waals surface area contributed by atoms with Gasteiger partial charge in [0.2, 0.25) is 0 Å². The van der Waals surface area contributed by atoms with Crippen LogP contribution in [0.5, 0.6) is 0 Å². The van der Waals surface area contributed by atoms with Gasteiger partial charge in [-0.05, 0) is 26.2 Å². The molecule has 1 atom stereocenters. The van der Waals surface area contributed by atoms with Crippen molar-refractivity contribution in [3.63, 3.8) is 0 Å². The summed E-state index contributed by atoms with van der Waals surface area (Å²) in [6.45, 7) is 5.47. The van der Waals surface area contributed by atoms with Crippen LogP contribution in [0.1, 0.15) is 54.7 Å². The number of hydrogen-bond donors (Lipinski definition) is 2. The summed E-state index contributed by atoms with van der Waals surface area (Å²) in [4.78, 5) is 27.9. The van der Waals surface area contributed by atoms with Gasteiger partial charge in [-0.1, -0.05) is 20.3 Å². The zero-order chi connectivity index (χ0) is 14.5. The van der Waals surface area contributed by atoms with Crippen molar-refractivity contribution in [3.05, 3.63) is 16.1 Å². The second-order valence-electron chi connectivity index (χ2n) is 4.71. The molecule has 0 unspecified atom stereocenters. The SMILES string of the molecule is CCCc1ncc(C(=O)N[C@@](C)(CCC)C(=O)O)s1. The van der Waals surface area contributed by atoms with E-state index < -0.39 is 11.5 Å². The largest absolute Gasteiger partial charge is 0.480 e. The van der Waals surface area contributed by atoms with Crippen LogP contribution in [0, 0.1) is 0 Å². The Morgan fingerprint density at radius 3 is 2.63 bits per heavy atom. The molecule has 1 heterocycles. The molecule has 0 aliphatic heterocycles. The Labute approximate surface area is 117 Å². The molecule has 0 aliphatic rings. The Bertz CT molecular complexity index is 458. The van der Waals surface area contributed by atoms with Crippen LogP contribution in [0.3, 0.4) is 0 Å². The van der Waals surface area contributed by atoms with E-state index in [0.29, 0.717) is 17.7 Å². The average molecular weight is 284 g/mol. The van der Waals surface area contributed by atoms with E-state index in [4.69, 9.17) is 0 Å². The minimum atomic E-state index is -1.22. The molecule has 1 rings (SSSR count). The topological polar surface area (TPSA) is 79.3 Å². The van der Waals surface area contributed by atoms with Crippen LogP contribution >= 0.6 is 11.3 Å². The number of carbonyl (C=O) groups excluding carboxylic acids is 1. The average Bonchev–Trinajstić information content (AvgIpc) is 2.78. The number of thiazole rings is 1. The number of carbonyl (C=O) groups is 2. The van der Waals surface area contributed by atoms with Crippen LogP contribution in [-0.4, -0.2) is 27.5 Å². The van der Waals surface area contributed by atoms with Crippen LogP contribution in [-0.2, 0) is 11.2 Å². The van der Waals surface area contributed by atoms with Gasteiger partial charge in [0.05, 0.1) is 11.2 Å². The first-order valence-electron chi connectivity index (χ1n) is 6.43. The lowest BCUT2D eigenvalue weighted by atomic mass is 9.96. The van der Waals surface area contributed by atoms with E-state index in [-0.39, 0.29) is 5.91 Å². The molecule has 1 aromatic heterocycles. The summed E-state index contributed by atoms with van der Waals surface area (Å²) in [6.07, 6.45) is 4.40. The summed E-state index contributed by atoms with van der Waals surface area (Å²) in [5.41, 5.74) is -1.22. The number of rotatable bonds is 7. The third kappa shape index (κ3) is 4.02. The first kappa shape index (κ1) is 15.6. The molecule has 19 heavy (non-hydrogen) atoms. The maximum absolute atomic E-state index is 12.1. The Morgan fingerprint density at radius 2 is 2.11 bits per heavy atom. The highest BCUT2D eigenvalue weighted by Crippen LogP contribution is 2.18. The molecule has 0 bridgehead atoms. The molecule has 0 aromatic carbocycles. The summed E-state index contributed by atoms with van der Waals surface area (Å²) < 4.78 is 0. The molecule has 5 nitrogen and oxygen atoms in total. The molecular formula is C13H20N2O3S. The maximum Gasteiger partial charge on any atom is 0.329 e. The van der Waals surface area contributed by atoms with Gasteiger partial charge in [-0.3, -0.25) is 4.79 Å². The number of carboxylic acid groups (broad SMARTS) is 1. The number of aryl methyl sites for hydroxylation is 1. The summed E-state index contributed by atoms with van der Waals surface area (Å²) in [6, 6.07) is 0. The molecule has 0 radical (unpaired) electrons. The third-order valence-electron chi connectivity index (χ3n) is 2.85. The van der Waals surface area contributed by atoms with Crippen molar-refractivity contribution in [1.82, 2.24) is 10.3 Å². The van der Waals surface area contributed by atoms with Gasteiger partial charge in [0.1, 0.15) is 10.4 Å². The van der Waals surface area contributed by atoms with Crippen LogP contribution in [0.2, 0.25) is 0 Å². The Balaban J connectivity index is 2.78. The molecule has 1 aromatic rings. The Kier molecular flexibility index (Phi) is 5.47. The fourth-order valence-electron chi connectivity index (χ4n) is 1.78. The first-order valence-corrected chi connectivity index (χ1v) is 7.25. The highest BCUT2D eigenvalue weighted by Gasteiger charge is 2.34. The van der Waals surface area contributed by atoms with Crippen molar-refractivity contribution in [3.8, 4) is 0 Å². The number of nitrogens with zero attached hydrogens (tertiary/aromatic N) is 1. The molecule has 0 saturated carbocycles.